The largest absolute Gasteiger partial charge is 0.484 e. The molecule has 0 aliphatic heterocycles. The number of para-hydroxylation sites is 1. The first-order valence-electron chi connectivity index (χ1n) is 11.1. The number of carbonyl (C=O) groups is 3. The van der Waals surface area contributed by atoms with E-state index in [4.69, 9.17) is 9.47 Å². The number of rotatable bonds is 10. The monoisotopic (exact) mass is 460 g/mol. The number of ether oxygens (including phenoxy) is 2. The Labute approximate surface area is 199 Å². The zero-order chi connectivity index (χ0) is 24.3. The number of anilines is 1. The maximum Gasteiger partial charge on any atom is 0.308 e. The highest BCUT2D eigenvalue weighted by molar-refractivity contribution is 5.95. The molecule has 7 heteroatoms. The van der Waals surface area contributed by atoms with Crippen molar-refractivity contribution in [3.05, 3.63) is 89.5 Å². The molecule has 176 valence electrons. The average molecular weight is 461 g/mol. The quantitative estimate of drug-likeness (QED) is 0.343. The summed E-state index contributed by atoms with van der Waals surface area (Å²) in [5.41, 5.74) is 2.92. The smallest absolute Gasteiger partial charge is 0.308 e. The highest BCUT2D eigenvalue weighted by atomic mass is 16.5. The first kappa shape index (κ1) is 24.5. The minimum atomic E-state index is -0.459. The van der Waals surface area contributed by atoms with Crippen molar-refractivity contribution in [3.8, 4) is 11.5 Å². The van der Waals surface area contributed by atoms with Crippen LogP contribution in [0.5, 0.6) is 11.5 Å². The number of aryl methyl sites for hydroxylation is 1. The molecule has 0 radical (unpaired) electrons. The lowest BCUT2D eigenvalue weighted by Crippen LogP contribution is -2.25. The lowest BCUT2D eigenvalue weighted by molar-refractivity contribution is -0.131. The van der Waals surface area contributed by atoms with Crippen molar-refractivity contribution in [3.63, 3.8) is 0 Å². The fraction of sp³-hybridized carbons (Fsp3) is 0.222. The van der Waals surface area contributed by atoms with Crippen molar-refractivity contribution in [2.45, 2.75) is 33.2 Å². The Morgan fingerprint density at radius 3 is 2.38 bits per heavy atom. The molecule has 0 saturated carbocycles. The maximum atomic E-state index is 12.6. The van der Waals surface area contributed by atoms with Gasteiger partial charge in [0.1, 0.15) is 11.5 Å². The van der Waals surface area contributed by atoms with Crippen molar-refractivity contribution in [2.75, 3.05) is 11.9 Å². The SMILES string of the molecule is CCCc1ccc(OCC(=O)Nc2ccccc2CNC(=O)c2cccc(OC(C)=O)c2)cc1. The third-order valence-electron chi connectivity index (χ3n) is 4.92. The number of carbonyl (C=O) groups excluding carboxylic acids is 3. The van der Waals surface area contributed by atoms with Gasteiger partial charge in [0.15, 0.2) is 6.61 Å². The number of nitrogens with one attached hydrogen (secondary N) is 2. The Morgan fingerprint density at radius 2 is 1.65 bits per heavy atom. The van der Waals surface area contributed by atoms with Crippen LogP contribution in [-0.4, -0.2) is 24.4 Å². The Morgan fingerprint density at radius 1 is 0.882 bits per heavy atom. The molecule has 34 heavy (non-hydrogen) atoms. The molecular formula is C27H28N2O5. The molecule has 2 N–H and O–H groups in total. The lowest BCUT2D eigenvalue weighted by Gasteiger charge is -2.13. The molecule has 0 unspecified atom stereocenters. The van der Waals surface area contributed by atoms with E-state index in [0.29, 0.717) is 22.7 Å². The minimum Gasteiger partial charge on any atom is -0.484 e. The molecule has 0 saturated heterocycles. The van der Waals surface area contributed by atoms with Gasteiger partial charge in [-0.05, 0) is 53.9 Å². The van der Waals surface area contributed by atoms with Crippen LogP contribution in [0, 0.1) is 0 Å². The van der Waals surface area contributed by atoms with E-state index in [1.54, 1.807) is 30.3 Å². The molecule has 3 aromatic rings. The molecule has 0 fully saturated rings. The second kappa shape index (κ2) is 12.2. The highest BCUT2D eigenvalue weighted by Crippen LogP contribution is 2.17. The zero-order valence-electron chi connectivity index (χ0n) is 19.3. The Hall–Kier alpha value is -4.13. The summed E-state index contributed by atoms with van der Waals surface area (Å²) in [6, 6.07) is 21.3. The molecule has 0 aliphatic rings. The molecule has 3 rings (SSSR count). The van der Waals surface area contributed by atoms with Crippen molar-refractivity contribution in [2.24, 2.45) is 0 Å². The molecule has 0 bridgehead atoms. The van der Waals surface area contributed by atoms with Crippen LogP contribution >= 0.6 is 0 Å². The van der Waals surface area contributed by atoms with E-state index in [1.165, 1.54) is 18.6 Å². The van der Waals surface area contributed by atoms with Gasteiger partial charge in [0.2, 0.25) is 0 Å². The van der Waals surface area contributed by atoms with E-state index in [1.807, 2.05) is 36.4 Å². The van der Waals surface area contributed by atoms with Crippen molar-refractivity contribution < 1.29 is 23.9 Å². The summed E-state index contributed by atoms with van der Waals surface area (Å²) in [5.74, 6) is -0.158. The first-order chi connectivity index (χ1) is 16.4. The predicted octanol–water partition coefficient (Wildman–Crippen LogP) is 4.51. The van der Waals surface area contributed by atoms with E-state index < -0.39 is 5.97 Å². The Balaban J connectivity index is 1.55. The molecule has 2 amide bonds. The summed E-state index contributed by atoms with van der Waals surface area (Å²) in [6.07, 6.45) is 2.08. The fourth-order valence-electron chi connectivity index (χ4n) is 3.32. The second-order valence-electron chi connectivity index (χ2n) is 7.69. The van der Waals surface area contributed by atoms with Gasteiger partial charge in [-0.2, -0.15) is 0 Å². The lowest BCUT2D eigenvalue weighted by atomic mass is 10.1. The van der Waals surface area contributed by atoms with E-state index >= 15 is 0 Å². The molecule has 0 aliphatic carbocycles. The Kier molecular flexibility index (Phi) is 8.80. The normalized spacial score (nSPS) is 10.3. The van der Waals surface area contributed by atoms with Gasteiger partial charge < -0.3 is 20.1 Å². The second-order valence-corrected chi connectivity index (χ2v) is 7.69. The van der Waals surface area contributed by atoms with Crippen molar-refractivity contribution >= 4 is 23.5 Å². The van der Waals surface area contributed by atoms with Crippen LogP contribution in [0.2, 0.25) is 0 Å². The summed E-state index contributed by atoms with van der Waals surface area (Å²) in [4.78, 5) is 36.1. The van der Waals surface area contributed by atoms with Crippen LogP contribution in [0.3, 0.4) is 0 Å². The molecule has 7 nitrogen and oxygen atoms in total. The zero-order valence-corrected chi connectivity index (χ0v) is 19.3. The summed E-state index contributed by atoms with van der Waals surface area (Å²) >= 11 is 0. The summed E-state index contributed by atoms with van der Waals surface area (Å²) in [6.45, 7) is 3.50. The third kappa shape index (κ3) is 7.48. The van der Waals surface area contributed by atoms with Gasteiger partial charge in [-0.3, -0.25) is 14.4 Å². The minimum absolute atomic E-state index is 0.128. The average Bonchev–Trinajstić information content (AvgIpc) is 2.83. The van der Waals surface area contributed by atoms with Crippen LogP contribution in [0.15, 0.2) is 72.8 Å². The first-order valence-corrected chi connectivity index (χ1v) is 11.1. The highest BCUT2D eigenvalue weighted by Gasteiger charge is 2.11. The molecule has 3 aromatic carbocycles. The number of amides is 2. The molecule has 0 aromatic heterocycles. The number of hydrogen-bond donors (Lipinski definition) is 2. The van der Waals surface area contributed by atoms with Gasteiger partial charge in [0.05, 0.1) is 0 Å². The third-order valence-corrected chi connectivity index (χ3v) is 4.92. The Bertz CT molecular complexity index is 1140. The maximum absolute atomic E-state index is 12.6. The van der Waals surface area contributed by atoms with Crippen LogP contribution in [0.1, 0.15) is 41.8 Å². The summed E-state index contributed by atoms with van der Waals surface area (Å²) in [7, 11) is 0. The summed E-state index contributed by atoms with van der Waals surface area (Å²) in [5, 5.41) is 5.65. The van der Waals surface area contributed by atoms with Gasteiger partial charge in [0, 0.05) is 24.7 Å². The molecular weight excluding hydrogens is 432 g/mol. The van der Waals surface area contributed by atoms with Crippen LogP contribution in [0.25, 0.3) is 0 Å². The topological polar surface area (TPSA) is 93.7 Å². The van der Waals surface area contributed by atoms with Gasteiger partial charge in [-0.15, -0.1) is 0 Å². The van der Waals surface area contributed by atoms with Crippen LogP contribution in [-0.2, 0) is 22.6 Å². The van der Waals surface area contributed by atoms with E-state index in [-0.39, 0.29) is 25.0 Å². The van der Waals surface area contributed by atoms with Gasteiger partial charge >= 0.3 is 5.97 Å². The van der Waals surface area contributed by atoms with E-state index in [9.17, 15) is 14.4 Å². The predicted molar refractivity (Wildman–Crippen MR) is 130 cm³/mol. The van der Waals surface area contributed by atoms with Crippen LogP contribution < -0.4 is 20.1 Å². The number of esters is 1. The van der Waals surface area contributed by atoms with Crippen molar-refractivity contribution in [1.82, 2.24) is 5.32 Å². The molecule has 0 heterocycles. The number of benzene rings is 3. The number of hydrogen-bond acceptors (Lipinski definition) is 5. The standard InChI is InChI=1S/C27H28N2O5/c1-3-7-20-12-14-23(15-13-20)33-18-26(31)29-25-11-5-4-8-22(25)17-28-27(32)21-9-6-10-24(16-21)34-19(2)30/h4-6,8-16H,3,7,17-18H2,1-2H3,(H,28,32)(H,29,31). The van der Waals surface area contributed by atoms with E-state index in [2.05, 4.69) is 17.6 Å². The molecule has 0 spiro atoms. The van der Waals surface area contributed by atoms with E-state index in [0.717, 1.165) is 18.4 Å². The van der Waals surface area contributed by atoms with Crippen LogP contribution in [0.4, 0.5) is 5.69 Å². The fourth-order valence-corrected chi connectivity index (χ4v) is 3.32. The van der Waals surface area contributed by atoms with Gasteiger partial charge in [-0.25, -0.2) is 0 Å². The molecule has 0 atom stereocenters. The van der Waals surface area contributed by atoms with Gasteiger partial charge in [-0.1, -0.05) is 49.7 Å². The summed E-state index contributed by atoms with van der Waals surface area (Å²) < 4.78 is 10.6. The van der Waals surface area contributed by atoms with Gasteiger partial charge in [0.25, 0.3) is 11.8 Å². The van der Waals surface area contributed by atoms with Crippen molar-refractivity contribution in [1.29, 1.82) is 0 Å².